The molecular formula is C18H21Cl2N. The summed E-state index contributed by atoms with van der Waals surface area (Å²) in [7, 11) is 1.93. The smallest absolute Gasteiger partial charge is 0.0604 e. The van der Waals surface area contributed by atoms with Gasteiger partial charge in [-0.1, -0.05) is 61.3 Å². The summed E-state index contributed by atoms with van der Waals surface area (Å²) in [5.41, 5.74) is 4.93. The molecule has 2 aromatic carbocycles. The Hall–Kier alpha value is -1.02. The van der Waals surface area contributed by atoms with Gasteiger partial charge in [-0.3, -0.25) is 0 Å². The highest BCUT2D eigenvalue weighted by molar-refractivity contribution is 6.36. The van der Waals surface area contributed by atoms with Crippen LogP contribution in [0, 0.1) is 0 Å². The molecule has 2 aromatic rings. The normalized spacial score (nSPS) is 12.4. The summed E-state index contributed by atoms with van der Waals surface area (Å²) in [6.45, 7) is 4.38. The molecule has 1 nitrogen and oxygen atoms in total. The number of benzene rings is 2. The Morgan fingerprint density at radius 1 is 0.952 bits per heavy atom. The van der Waals surface area contributed by atoms with E-state index in [1.165, 1.54) is 16.7 Å². The highest BCUT2D eigenvalue weighted by Crippen LogP contribution is 2.34. The van der Waals surface area contributed by atoms with E-state index in [4.69, 9.17) is 23.2 Å². The molecular weight excluding hydrogens is 301 g/mol. The van der Waals surface area contributed by atoms with E-state index in [2.05, 4.69) is 37.4 Å². The predicted octanol–water partition coefficient (Wildman–Crippen LogP) is 5.43. The lowest BCUT2D eigenvalue weighted by Gasteiger charge is -2.21. The molecule has 0 aliphatic heterocycles. The molecule has 3 heteroatoms. The van der Waals surface area contributed by atoms with Crippen molar-refractivity contribution < 1.29 is 0 Å². The lowest BCUT2D eigenvalue weighted by Crippen LogP contribution is -2.19. The predicted molar refractivity (Wildman–Crippen MR) is 92.6 cm³/mol. The summed E-state index contributed by atoms with van der Waals surface area (Å²) in [4.78, 5) is 0. The van der Waals surface area contributed by atoms with E-state index < -0.39 is 0 Å². The molecule has 1 N–H and O–H groups in total. The zero-order valence-corrected chi connectivity index (χ0v) is 14.2. The second kappa shape index (κ2) is 7.31. The third kappa shape index (κ3) is 3.42. The van der Waals surface area contributed by atoms with Gasteiger partial charge in [0, 0.05) is 15.6 Å². The molecule has 0 fully saturated rings. The summed E-state index contributed by atoms with van der Waals surface area (Å²) in [6, 6.07) is 12.3. The average molecular weight is 322 g/mol. The summed E-state index contributed by atoms with van der Waals surface area (Å²) < 4.78 is 0. The van der Waals surface area contributed by atoms with Crippen molar-refractivity contribution in [2.75, 3.05) is 7.05 Å². The first kappa shape index (κ1) is 16.4. The largest absolute Gasteiger partial charge is 0.309 e. The number of halogens is 2. The van der Waals surface area contributed by atoms with E-state index >= 15 is 0 Å². The highest BCUT2D eigenvalue weighted by Gasteiger charge is 2.19. The Labute approximate surface area is 137 Å². The molecule has 0 aliphatic rings. The van der Waals surface area contributed by atoms with Crippen LogP contribution in [0.5, 0.6) is 0 Å². The lowest BCUT2D eigenvalue weighted by molar-refractivity contribution is 0.690. The van der Waals surface area contributed by atoms with Gasteiger partial charge in [-0.15, -0.1) is 0 Å². The first-order valence-corrected chi connectivity index (χ1v) is 8.10. The molecule has 0 aliphatic carbocycles. The fourth-order valence-electron chi connectivity index (χ4n) is 2.76. The van der Waals surface area contributed by atoms with Gasteiger partial charge >= 0.3 is 0 Å². The SMILES string of the molecule is CCc1ccc(C(NC)c2c(Cl)cccc2Cl)cc1CC. The lowest BCUT2D eigenvalue weighted by atomic mass is 9.93. The van der Waals surface area contributed by atoms with E-state index in [0.717, 1.165) is 18.4 Å². The second-order valence-corrected chi connectivity index (χ2v) is 5.91. The third-order valence-electron chi connectivity index (χ3n) is 3.90. The summed E-state index contributed by atoms with van der Waals surface area (Å²) in [5, 5.41) is 4.72. The van der Waals surface area contributed by atoms with E-state index in [1.54, 1.807) is 0 Å². The second-order valence-electron chi connectivity index (χ2n) is 5.09. The van der Waals surface area contributed by atoms with Gasteiger partial charge < -0.3 is 5.32 Å². The average Bonchev–Trinajstić information content (AvgIpc) is 2.50. The Morgan fingerprint density at radius 3 is 2.10 bits per heavy atom. The van der Waals surface area contributed by atoms with Crippen LogP contribution in [0.15, 0.2) is 36.4 Å². The van der Waals surface area contributed by atoms with Gasteiger partial charge in [-0.05, 0) is 48.7 Å². The Balaban J connectivity index is 2.51. The van der Waals surface area contributed by atoms with Gasteiger partial charge in [0.1, 0.15) is 0 Å². The molecule has 0 saturated carbocycles. The molecule has 1 atom stereocenters. The molecule has 21 heavy (non-hydrogen) atoms. The zero-order chi connectivity index (χ0) is 15.4. The van der Waals surface area contributed by atoms with Gasteiger partial charge in [-0.25, -0.2) is 0 Å². The van der Waals surface area contributed by atoms with Gasteiger partial charge in [-0.2, -0.15) is 0 Å². The fraction of sp³-hybridized carbons (Fsp3) is 0.333. The van der Waals surface area contributed by atoms with Crippen molar-refractivity contribution in [1.82, 2.24) is 5.32 Å². The number of rotatable bonds is 5. The van der Waals surface area contributed by atoms with Gasteiger partial charge in [0.05, 0.1) is 6.04 Å². The van der Waals surface area contributed by atoms with Crippen molar-refractivity contribution in [2.45, 2.75) is 32.7 Å². The molecule has 1 unspecified atom stereocenters. The van der Waals surface area contributed by atoms with Crippen LogP contribution in [-0.2, 0) is 12.8 Å². The first-order chi connectivity index (χ1) is 10.1. The van der Waals surface area contributed by atoms with E-state index in [9.17, 15) is 0 Å². The summed E-state index contributed by atoms with van der Waals surface area (Å²) >= 11 is 12.7. The molecule has 0 amide bonds. The van der Waals surface area contributed by atoms with Crippen molar-refractivity contribution in [1.29, 1.82) is 0 Å². The Kier molecular flexibility index (Phi) is 5.69. The Bertz CT molecular complexity index is 602. The van der Waals surface area contributed by atoms with Crippen molar-refractivity contribution in [3.8, 4) is 0 Å². The molecule has 0 saturated heterocycles. The first-order valence-electron chi connectivity index (χ1n) is 7.35. The maximum absolute atomic E-state index is 6.36. The maximum Gasteiger partial charge on any atom is 0.0604 e. The van der Waals surface area contributed by atoms with Crippen LogP contribution in [0.2, 0.25) is 10.0 Å². The van der Waals surface area contributed by atoms with Crippen molar-refractivity contribution >= 4 is 23.2 Å². The van der Waals surface area contributed by atoms with Crippen LogP contribution in [-0.4, -0.2) is 7.05 Å². The van der Waals surface area contributed by atoms with E-state index in [1.807, 2.05) is 25.2 Å². The van der Waals surface area contributed by atoms with Crippen LogP contribution in [0.1, 0.15) is 42.1 Å². The summed E-state index contributed by atoms with van der Waals surface area (Å²) in [6.07, 6.45) is 2.09. The van der Waals surface area contributed by atoms with Crippen LogP contribution < -0.4 is 5.32 Å². The molecule has 0 spiro atoms. The molecule has 2 rings (SSSR count). The van der Waals surface area contributed by atoms with Crippen molar-refractivity contribution in [2.24, 2.45) is 0 Å². The molecule has 0 bridgehead atoms. The number of hydrogen-bond acceptors (Lipinski definition) is 1. The summed E-state index contributed by atoms with van der Waals surface area (Å²) in [5.74, 6) is 0. The molecule has 112 valence electrons. The number of aryl methyl sites for hydroxylation is 2. The minimum Gasteiger partial charge on any atom is -0.309 e. The van der Waals surface area contributed by atoms with Crippen LogP contribution in [0.25, 0.3) is 0 Å². The maximum atomic E-state index is 6.36. The molecule has 0 radical (unpaired) electrons. The fourth-order valence-corrected chi connectivity index (χ4v) is 3.38. The van der Waals surface area contributed by atoms with E-state index in [-0.39, 0.29) is 6.04 Å². The monoisotopic (exact) mass is 321 g/mol. The number of nitrogens with one attached hydrogen (secondary N) is 1. The quantitative estimate of drug-likeness (QED) is 0.774. The molecule has 0 heterocycles. The van der Waals surface area contributed by atoms with E-state index in [0.29, 0.717) is 10.0 Å². The standard InChI is InChI=1S/C18H21Cl2N/c1-4-12-9-10-14(11-13(12)5-2)18(21-3)17-15(19)7-6-8-16(17)20/h6-11,18,21H,4-5H2,1-3H3. The van der Waals surface area contributed by atoms with Gasteiger partial charge in [0.2, 0.25) is 0 Å². The minimum absolute atomic E-state index is 0.00223. The van der Waals surface area contributed by atoms with Gasteiger partial charge in [0.15, 0.2) is 0 Å². The Morgan fingerprint density at radius 2 is 1.57 bits per heavy atom. The van der Waals surface area contributed by atoms with Crippen LogP contribution in [0.4, 0.5) is 0 Å². The van der Waals surface area contributed by atoms with Crippen molar-refractivity contribution in [3.63, 3.8) is 0 Å². The van der Waals surface area contributed by atoms with Crippen LogP contribution in [0.3, 0.4) is 0 Å². The van der Waals surface area contributed by atoms with Crippen LogP contribution >= 0.6 is 23.2 Å². The third-order valence-corrected chi connectivity index (χ3v) is 4.56. The van der Waals surface area contributed by atoms with Gasteiger partial charge in [0.25, 0.3) is 0 Å². The molecule has 0 aromatic heterocycles. The topological polar surface area (TPSA) is 12.0 Å². The highest BCUT2D eigenvalue weighted by atomic mass is 35.5. The zero-order valence-electron chi connectivity index (χ0n) is 12.7. The minimum atomic E-state index is 0.00223. The number of hydrogen-bond donors (Lipinski definition) is 1. The van der Waals surface area contributed by atoms with Crippen molar-refractivity contribution in [3.05, 3.63) is 68.7 Å².